The van der Waals surface area contributed by atoms with Crippen LogP contribution in [0.3, 0.4) is 0 Å². The molecule has 2 atom stereocenters. The van der Waals surface area contributed by atoms with Gasteiger partial charge in [0.05, 0.1) is 12.2 Å². The predicted octanol–water partition coefficient (Wildman–Crippen LogP) is 1.35. The van der Waals surface area contributed by atoms with Crippen LogP contribution in [0.4, 0.5) is 0 Å². The smallest absolute Gasteiger partial charge is 0.274 e. The standard InChI is InChI=1S/C12H18BrN3O2/c1-8-4-11(14-15(8)3)12(17)16-6-9(2)18-10(5-13)7-16/h4,9-10H,5-7H2,1-3H3. The van der Waals surface area contributed by atoms with Crippen LogP contribution in [-0.4, -0.2) is 51.2 Å². The zero-order valence-electron chi connectivity index (χ0n) is 10.9. The van der Waals surface area contributed by atoms with Crippen LogP contribution in [0.25, 0.3) is 0 Å². The molecule has 5 nitrogen and oxygen atoms in total. The van der Waals surface area contributed by atoms with Crippen LogP contribution < -0.4 is 0 Å². The van der Waals surface area contributed by atoms with Gasteiger partial charge >= 0.3 is 0 Å². The number of aryl methyl sites for hydroxylation is 2. The Labute approximate surface area is 115 Å². The Kier molecular flexibility index (Phi) is 4.07. The van der Waals surface area contributed by atoms with Crippen molar-refractivity contribution < 1.29 is 9.53 Å². The number of halogens is 1. The minimum Gasteiger partial charge on any atom is -0.371 e. The fourth-order valence-electron chi connectivity index (χ4n) is 2.12. The van der Waals surface area contributed by atoms with Gasteiger partial charge in [-0.2, -0.15) is 5.10 Å². The number of alkyl halides is 1. The Hall–Kier alpha value is -0.880. The summed E-state index contributed by atoms with van der Waals surface area (Å²) in [5, 5.41) is 4.97. The van der Waals surface area contributed by atoms with Crippen molar-refractivity contribution >= 4 is 21.8 Å². The van der Waals surface area contributed by atoms with Gasteiger partial charge in [-0.25, -0.2) is 0 Å². The third-order valence-corrected chi connectivity index (χ3v) is 3.84. The molecular formula is C12H18BrN3O2. The Morgan fingerprint density at radius 3 is 2.89 bits per heavy atom. The van der Waals surface area contributed by atoms with E-state index in [2.05, 4.69) is 21.0 Å². The lowest BCUT2D eigenvalue weighted by Crippen LogP contribution is -2.49. The molecule has 0 aliphatic carbocycles. The molecule has 1 fully saturated rings. The molecule has 1 saturated heterocycles. The zero-order chi connectivity index (χ0) is 13.3. The lowest BCUT2D eigenvalue weighted by Gasteiger charge is -2.35. The number of amides is 1. The fourth-order valence-corrected chi connectivity index (χ4v) is 2.48. The molecule has 18 heavy (non-hydrogen) atoms. The van der Waals surface area contributed by atoms with Gasteiger partial charge in [0.15, 0.2) is 5.69 Å². The Morgan fingerprint density at radius 2 is 2.33 bits per heavy atom. The molecule has 2 rings (SSSR count). The topological polar surface area (TPSA) is 47.4 Å². The second-order valence-corrected chi connectivity index (χ2v) is 5.38. The molecule has 6 heteroatoms. The van der Waals surface area contributed by atoms with E-state index in [1.165, 1.54) is 0 Å². The zero-order valence-corrected chi connectivity index (χ0v) is 12.5. The van der Waals surface area contributed by atoms with Gasteiger partial charge in [0.2, 0.25) is 0 Å². The van der Waals surface area contributed by atoms with Crippen LogP contribution in [-0.2, 0) is 11.8 Å². The molecule has 1 aromatic heterocycles. The molecule has 2 unspecified atom stereocenters. The predicted molar refractivity (Wildman–Crippen MR) is 72.0 cm³/mol. The van der Waals surface area contributed by atoms with Gasteiger partial charge < -0.3 is 9.64 Å². The largest absolute Gasteiger partial charge is 0.371 e. The molecule has 0 radical (unpaired) electrons. The molecule has 1 amide bonds. The summed E-state index contributed by atoms with van der Waals surface area (Å²) in [5.41, 5.74) is 1.49. The highest BCUT2D eigenvalue weighted by molar-refractivity contribution is 9.09. The van der Waals surface area contributed by atoms with E-state index < -0.39 is 0 Å². The van der Waals surface area contributed by atoms with Crippen molar-refractivity contribution in [3.8, 4) is 0 Å². The average Bonchev–Trinajstić information content (AvgIpc) is 2.68. The van der Waals surface area contributed by atoms with Crippen molar-refractivity contribution in [2.75, 3.05) is 18.4 Å². The second-order valence-electron chi connectivity index (χ2n) is 4.73. The van der Waals surface area contributed by atoms with Gasteiger partial charge in [0, 0.05) is 31.2 Å². The van der Waals surface area contributed by atoms with Gasteiger partial charge in [-0.1, -0.05) is 15.9 Å². The number of hydrogen-bond acceptors (Lipinski definition) is 3. The van der Waals surface area contributed by atoms with E-state index in [-0.39, 0.29) is 18.1 Å². The molecule has 1 aliphatic rings. The number of rotatable bonds is 2. The van der Waals surface area contributed by atoms with Crippen LogP contribution in [0.2, 0.25) is 0 Å². The highest BCUT2D eigenvalue weighted by Crippen LogP contribution is 2.15. The summed E-state index contributed by atoms with van der Waals surface area (Å²) in [7, 11) is 1.84. The van der Waals surface area contributed by atoms with Crippen LogP contribution in [0.5, 0.6) is 0 Å². The first-order chi connectivity index (χ1) is 8.51. The third kappa shape index (κ3) is 2.75. The van der Waals surface area contributed by atoms with E-state index >= 15 is 0 Å². The first kappa shape index (κ1) is 13.5. The Balaban J connectivity index is 2.13. The number of carbonyl (C=O) groups is 1. The van der Waals surface area contributed by atoms with Crippen LogP contribution in [0.1, 0.15) is 23.1 Å². The summed E-state index contributed by atoms with van der Waals surface area (Å²) in [6.45, 7) is 5.16. The van der Waals surface area contributed by atoms with E-state index in [4.69, 9.17) is 4.74 Å². The van der Waals surface area contributed by atoms with Crippen LogP contribution >= 0.6 is 15.9 Å². The van der Waals surface area contributed by atoms with E-state index in [1.54, 1.807) is 4.68 Å². The first-order valence-electron chi connectivity index (χ1n) is 6.02. The monoisotopic (exact) mass is 315 g/mol. The molecule has 0 spiro atoms. The molecule has 1 aromatic rings. The molecule has 1 aliphatic heterocycles. The van der Waals surface area contributed by atoms with E-state index in [1.807, 2.05) is 31.9 Å². The summed E-state index contributed by atoms with van der Waals surface area (Å²) < 4.78 is 7.44. The van der Waals surface area contributed by atoms with Gasteiger partial charge in [-0.3, -0.25) is 9.48 Å². The second kappa shape index (κ2) is 5.40. The lowest BCUT2D eigenvalue weighted by atomic mass is 10.2. The molecular weight excluding hydrogens is 298 g/mol. The van der Waals surface area contributed by atoms with E-state index in [9.17, 15) is 4.79 Å². The first-order valence-corrected chi connectivity index (χ1v) is 7.14. The number of nitrogens with zero attached hydrogens (tertiary/aromatic N) is 3. The van der Waals surface area contributed by atoms with E-state index in [0.29, 0.717) is 18.8 Å². The van der Waals surface area contributed by atoms with Crippen molar-refractivity contribution in [2.45, 2.75) is 26.1 Å². The maximum Gasteiger partial charge on any atom is 0.274 e. The number of morpholine rings is 1. The number of carbonyl (C=O) groups excluding carboxylic acids is 1. The minimum absolute atomic E-state index is 0.0141. The number of hydrogen-bond donors (Lipinski definition) is 0. The Morgan fingerprint density at radius 1 is 1.61 bits per heavy atom. The fraction of sp³-hybridized carbons (Fsp3) is 0.667. The maximum atomic E-state index is 12.4. The van der Waals surface area contributed by atoms with Crippen molar-refractivity contribution in [1.29, 1.82) is 0 Å². The average molecular weight is 316 g/mol. The molecule has 0 aromatic carbocycles. The highest BCUT2D eigenvalue weighted by atomic mass is 79.9. The van der Waals surface area contributed by atoms with Gasteiger partial charge in [0.25, 0.3) is 5.91 Å². The minimum atomic E-state index is -0.0141. The SMILES string of the molecule is Cc1cc(C(=O)N2CC(C)OC(CBr)C2)nn1C. The molecule has 100 valence electrons. The quantitative estimate of drug-likeness (QED) is 0.774. The summed E-state index contributed by atoms with van der Waals surface area (Å²) >= 11 is 3.40. The Bertz CT molecular complexity index is 427. The highest BCUT2D eigenvalue weighted by Gasteiger charge is 2.29. The maximum absolute atomic E-state index is 12.4. The van der Waals surface area contributed by atoms with Crippen molar-refractivity contribution in [1.82, 2.24) is 14.7 Å². The van der Waals surface area contributed by atoms with Crippen LogP contribution in [0.15, 0.2) is 6.07 Å². The summed E-state index contributed by atoms with van der Waals surface area (Å²) in [4.78, 5) is 14.2. The van der Waals surface area contributed by atoms with E-state index in [0.717, 1.165) is 11.0 Å². The van der Waals surface area contributed by atoms with Crippen LogP contribution in [0, 0.1) is 6.92 Å². The van der Waals surface area contributed by atoms with Crippen molar-refractivity contribution in [3.05, 3.63) is 17.5 Å². The van der Waals surface area contributed by atoms with Crippen molar-refractivity contribution in [2.24, 2.45) is 7.05 Å². The van der Waals surface area contributed by atoms with Gasteiger partial charge in [-0.15, -0.1) is 0 Å². The summed E-state index contributed by atoms with van der Waals surface area (Å²) in [6.07, 6.45) is 0.123. The summed E-state index contributed by atoms with van der Waals surface area (Å²) in [5.74, 6) is -0.0141. The third-order valence-electron chi connectivity index (χ3n) is 3.12. The molecule has 2 heterocycles. The van der Waals surface area contributed by atoms with Gasteiger partial charge in [-0.05, 0) is 19.9 Å². The summed E-state index contributed by atoms with van der Waals surface area (Å²) in [6, 6.07) is 1.83. The molecule has 0 N–H and O–H groups in total. The molecule has 0 saturated carbocycles. The van der Waals surface area contributed by atoms with Crippen molar-refractivity contribution in [3.63, 3.8) is 0 Å². The normalized spacial score (nSPS) is 24.3. The number of aromatic nitrogens is 2. The molecule has 0 bridgehead atoms. The van der Waals surface area contributed by atoms with Gasteiger partial charge in [0.1, 0.15) is 0 Å². The number of ether oxygens (including phenoxy) is 1. The lowest BCUT2D eigenvalue weighted by molar-refractivity contribution is -0.0561.